The third kappa shape index (κ3) is 5.23. The van der Waals surface area contributed by atoms with Crippen molar-refractivity contribution < 1.29 is 33.6 Å². The Balaban J connectivity index is 1.35. The summed E-state index contributed by atoms with van der Waals surface area (Å²) in [6.07, 6.45) is 5.95. The molecule has 5 rings (SSSR count). The Morgan fingerprint density at radius 3 is 2.82 bits per heavy atom. The Morgan fingerprint density at radius 2 is 2.08 bits per heavy atom. The van der Waals surface area contributed by atoms with Crippen molar-refractivity contribution in [2.45, 2.75) is 82.7 Å². The lowest BCUT2D eigenvalue weighted by molar-refractivity contribution is -0.168. The minimum Gasteiger partial charge on any atom is -0.507 e. The van der Waals surface area contributed by atoms with E-state index in [0.717, 1.165) is 5.57 Å². The van der Waals surface area contributed by atoms with Crippen LogP contribution in [0.3, 0.4) is 0 Å². The molecule has 1 saturated heterocycles. The zero-order valence-corrected chi connectivity index (χ0v) is 22.5. The van der Waals surface area contributed by atoms with Gasteiger partial charge < -0.3 is 39.9 Å². The summed E-state index contributed by atoms with van der Waals surface area (Å²) in [5.41, 5.74) is 5.21. The number of dihydropyridines is 1. The molecule has 1 aromatic carbocycles. The SMILES string of the molecule is Cc1cc(=O)c2c(O)c3c(cc2o1)OC(C)(C)[C@H](OC(=O)[C@@]1(CCCCO)O[C@@H]1CCC1=CCNC(N)=C1)C3. The van der Waals surface area contributed by atoms with Gasteiger partial charge in [-0.1, -0.05) is 6.08 Å². The van der Waals surface area contributed by atoms with Gasteiger partial charge in [-0.05, 0) is 64.5 Å². The Labute approximate surface area is 226 Å². The van der Waals surface area contributed by atoms with E-state index in [9.17, 15) is 19.8 Å². The normalized spacial score (nSPS) is 25.1. The first kappa shape index (κ1) is 27.1. The van der Waals surface area contributed by atoms with Crippen molar-refractivity contribution in [2.75, 3.05) is 13.2 Å². The van der Waals surface area contributed by atoms with E-state index in [2.05, 4.69) is 11.4 Å². The number of aromatic hydroxyl groups is 1. The number of aryl methyl sites for hydroxylation is 1. The number of aliphatic hydroxyl groups excluding tert-OH is 1. The second-order valence-corrected chi connectivity index (χ2v) is 11.1. The summed E-state index contributed by atoms with van der Waals surface area (Å²) >= 11 is 0. The zero-order chi connectivity index (χ0) is 27.9. The summed E-state index contributed by atoms with van der Waals surface area (Å²) in [6, 6.07) is 2.93. The zero-order valence-electron chi connectivity index (χ0n) is 22.5. The van der Waals surface area contributed by atoms with E-state index in [4.69, 9.17) is 24.4 Å². The van der Waals surface area contributed by atoms with Crippen molar-refractivity contribution >= 4 is 16.9 Å². The van der Waals surface area contributed by atoms with E-state index in [0.29, 0.717) is 61.5 Å². The highest BCUT2D eigenvalue weighted by Gasteiger charge is 2.63. The van der Waals surface area contributed by atoms with E-state index < -0.39 is 23.3 Å². The van der Waals surface area contributed by atoms with Gasteiger partial charge in [0.1, 0.15) is 39.9 Å². The van der Waals surface area contributed by atoms with E-state index >= 15 is 0 Å². The number of unbranched alkanes of at least 4 members (excludes halogenated alkanes) is 1. The number of carbonyl (C=O) groups excluding carboxylic acids is 1. The molecule has 0 amide bonds. The lowest BCUT2D eigenvalue weighted by Gasteiger charge is -2.39. The fraction of sp³-hybridized carbons (Fsp3) is 0.517. The molecule has 1 aromatic heterocycles. The molecule has 39 heavy (non-hydrogen) atoms. The lowest BCUT2D eigenvalue weighted by atomic mass is 9.89. The Bertz CT molecular complexity index is 1410. The number of hydrogen-bond donors (Lipinski definition) is 4. The first-order valence-electron chi connectivity index (χ1n) is 13.4. The number of hydrogen-bond acceptors (Lipinski definition) is 10. The number of esters is 1. The number of fused-ring (bicyclic) bond motifs is 2. The first-order chi connectivity index (χ1) is 18.5. The molecule has 1 fully saturated rings. The smallest absolute Gasteiger partial charge is 0.341 e. The topological polar surface area (TPSA) is 157 Å². The molecule has 210 valence electrons. The summed E-state index contributed by atoms with van der Waals surface area (Å²) < 4.78 is 23.9. The minimum atomic E-state index is -1.10. The monoisotopic (exact) mass is 540 g/mol. The number of aliphatic hydroxyl groups is 1. The molecule has 2 aromatic rings. The molecule has 3 aliphatic heterocycles. The molecule has 3 atom stereocenters. The molecule has 10 nitrogen and oxygen atoms in total. The standard InChI is InChI=1S/C29H36N2O8/c1-16-12-19(33)25-21(36-16)15-20-18(26(25)34)14-23(28(2,3)38-20)37-27(35)29(9-4-5-11-32)22(39-29)7-6-17-8-10-31-24(30)13-17/h8,12-13,15,22-23,31-32,34H,4-7,9-11,14,30H2,1-3H3/t22-,23-,29+/m1/s1. The number of nitrogens with one attached hydrogen (secondary N) is 1. The minimum absolute atomic E-state index is 0.0285. The molecule has 0 unspecified atom stereocenters. The van der Waals surface area contributed by atoms with Crippen LogP contribution in [-0.4, -0.2) is 52.7 Å². The van der Waals surface area contributed by atoms with Crippen LogP contribution < -0.4 is 21.2 Å². The van der Waals surface area contributed by atoms with Crippen molar-refractivity contribution in [3.05, 3.63) is 57.2 Å². The molecular weight excluding hydrogens is 504 g/mol. The molecule has 0 saturated carbocycles. The molecule has 4 heterocycles. The quantitative estimate of drug-likeness (QED) is 0.212. The number of epoxide rings is 1. The van der Waals surface area contributed by atoms with Crippen LogP contribution in [0.25, 0.3) is 11.0 Å². The summed E-state index contributed by atoms with van der Waals surface area (Å²) in [7, 11) is 0. The highest BCUT2D eigenvalue weighted by molar-refractivity contribution is 5.87. The second-order valence-electron chi connectivity index (χ2n) is 11.1. The highest BCUT2D eigenvalue weighted by atomic mass is 16.7. The number of phenolic OH excluding ortho intramolecular Hbond substituents is 1. The van der Waals surface area contributed by atoms with Crippen molar-refractivity contribution in [2.24, 2.45) is 5.73 Å². The summed E-state index contributed by atoms with van der Waals surface area (Å²) in [5, 5.41) is 23.4. The second kappa shape index (κ2) is 10.2. The van der Waals surface area contributed by atoms with Crippen LogP contribution in [0.4, 0.5) is 0 Å². The number of rotatable bonds is 9. The van der Waals surface area contributed by atoms with Gasteiger partial charge >= 0.3 is 5.97 Å². The third-order valence-electron chi connectivity index (χ3n) is 7.79. The maximum absolute atomic E-state index is 13.6. The van der Waals surface area contributed by atoms with E-state index in [1.54, 1.807) is 13.0 Å². The van der Waals surface area contributed by atoms with Crippen molar-refractivity contribution in [1.29, 1.82) is 0 Å². The number of benzene rings is 1. The van der Waals surface area contributed by atoms with Gasteiger partial charge in [0.15, 0.2) is 11.0 Å². The number of phenols is 1. The van der Waals surface area contributed by atoms with E-state index in [1.807, 2.05) is 19.9 Å². The predicted octanol–water partition coefficient (Wildman–Crippen LogP) is 2.84. The number of nitrogens with two attached hydrogens (primary N) is 1. The van der Waals surface area contributed by atoms with Crippen LogP contribution in [0.15, 0.2) is 44.9 Å². The van der Waals surface area contributed by atoms with Crippen LogP contribution in [0.2, 0.25) is 0 Å². The van der Waals surface area contributed by atoms with Gasteiger partial charge in [-0.3, -0.25) is 4.79 Å². The fourth-order valence-corrected chi connectivity index (χ4v) is 5.52. The van der Waals surface area contributed by atoms with Crippen LogP contribution in [0, 0.1) is 6.92 Å². The summed E-state index contributed by atoms with van der Waals surface area (Å²) in [6.45, 7) is 5.98. The van der Waals surface area contributed by atoms with Gasteiger partial charge in [0, 0.05) is 37.3 Å². The van der Waals surface area contributed by atoms with Gasteiger partial charge in [0.25, 0.3) is 0 Å². The van der Waals surface area contributed by atoms with E-state index in [-0.39, 0.29) is 41.3 Å². The van der Waals surface area contributed by atoms with Gasteiger partial charge in [-0.25, -0.2) is 4.79 Å². The Morgan fingerprint density at radius 1 is 1.28 bits per heavy atom. The number of carbonyl (C=O) groups is 1. The van der Waals surface area contributed by atoms with Crippen LogP contribution in [0.1, 0.15) is 57.3 Å². The van der Waals surface area contributed by atoms with Crippen molar-refractivity contribution in [1.82, 2.24) is 5.32 Å². The molecular formula is C29H36N2O8. The lowest BCUT2D eigenvalue weighted by Crippen LogP contribution is -2.50. The third-order valence-corrected chi connectivity index (χ3v) is 7.79. The Kier molecular flexibility index (Phi) is 7.11. The molecule has 5 N–H and O–H groups in total. The summed E-state index contributed by atoms with van der Waals surface area (Å²) in [5.74, 6) is 0.706. The Hall–Kier alpha value is -3.50. The predicted molar refractivity (Wildman–Crippen MR) is 143 cm³/mol. The molecule has 0 bridgehead atoms. The van der Waals surface area contributed by atoms with Crippen molar-refractivity contribution in [3.63, 3.8) is 0 Å². The van der Waals surface area contributed by atoms with Crippen LogP contribution >= 0.6 is 0 Å². The molecule has 10 heteroatoms. The maximum Gasteiger partial charge on any atom is 0.341 e. The number of allylic oxidation sites excluding steroid dienone is 2. The maximum atomic E-state index is 13.6. The van der Waals surface area contributed by atoms with Crippen molar-refractivity contribution in [3.8, 4) is 11.5 Å². The highest BCUT2D eigenvalue weighted by Crippen LogP contribution is 2.48. The average Bonchev–Trinajstić information content (AvgIpc) is 3.57. The summed E-state index contributed by atoms with van der Waals surface area (Å²) in [4.78, 5) is 26.2. The number of ether oxygens (including phenoxy) is 3. The van der Waals surface area contributed by atoms with Gasteiger partial charge in [0.05, 0.1) is 11.9 Å². The van der Waals surface area contributed by atoms with Crippen LogP contribution in [0.5, 0.6) is 11.5 Å². The molecule has 3 aliphatic rings. The molecule has 0 aliphatic carbocycles. The average molecular weight is 541 g/mol. The first-order valence-corrected chi connectivity index (χ1v) is 13.4. The molecule has 0 radical (unpaired) electrons. The van der Waals surface area contributed by atoms with Gasteiger partial charge in [-0.15, -0.1) is 0 Å². The van der Waals surface area contributed by atoms with Crippen LogP contribution in [-0.2, 0) is 20.7 Å². The van der Waals surface area contributed by atoms with Gasteiger partial charge in [0.2, 0.25) is 0 Å². The van der Waals surface area contributed by atoms with Gasteiger partial charge in [-0.2, -0.15) is 0 Å². The fourth-order valence-electron chi connectivity index (χ4n) is 5.52. The van der Waals surface area contributed by atoms with E-state index in [1.165, 1.54) is 6.07 Å². The molecule has 0 spiro atoms. The largest absolute Gasteiger partial charge is 0.507 e.